The van der Waals surface area contributed by atoms with Crippen LogP contribution in [-0.2, 0) is 0 Å². The highest BCUT2D eigenvalue weighted by atomic mass is 19.4. The molecule has 2 aliphatic rings. The quantitative estimate of drug-likeness (QED) is 0.789. The molecule has 2 atom stereocenters. The summed E-state index contributed by atoms with van der Waals surface area (Å²) in [6.45, 7) is 1.84. The molecule has 1 N–H and O–H groups in total. The van der Waals surface area contributed by atoms with Crippen LogP contribution >= 0.6 is 0 Å². The van der Waals surface area contributed by atoms with Gasteiger partial charge in [0.2, 0.25) is 0 Å². The molecule has 1 aliphatic carbocycles. The lowest BCUT2D eigenvalue weighted by Crippen LogP contribution is -2.59. The molecule has 94 valence electrons. The van der Waals surface area contributed by atoms with Crippen LogP contribution in [-0.4, -0.2) is 43.3 Å². The average Bonchev–Trinajstić information content (AvgIpc) is 2.14. The highest BCUT2D eigenvalue weighted by molar-refractivity contribution is 4.90. The maximum atomic E-state index is 12.6. The summed E-state index contributed by atoms with van der Waals surface area (Å²) in [4.78, 5) is 2.15. The Balaban J connectivity index is 1.90. The molecule has 16 heavy (non-hydrogen) atoms. The zero-order valence-electron chi connectivity index (χ0n) is 9.56. The van der Waals surface area contributed by atoms with E-state index in [4.69, 9.17) is 0 Å². The predicted molar refractivity (Wildman–Crippen MR) is 56.2 cm³/mol. The minimum absolute atomic E-state index is 0.118. The van der Waals surface area contributed by atoms with Gasteiger partial charge < -0.3 is 5.32 Å². The van der Waals surface area contributed by atoms with Gasteiger partial charge in [0.05, 0.1) is 5.92 Å². The molecule has 0 spiro atoms. The van der Waals surface area contributed by atoms with Gasteiger partial charge in [-0.2, -0.15) is 13.2 Å². The number of likely N-dealkylation sites (N-methyl/N-ethyl adjacent to an activating group) is 1. The molecule has 1 aliphatic heterocycles. The van der Waals surface area contributed by atoms with Crippen LogP contribution < -0.4 is 5.32 Å². The predicted octanol–water partition coefficient (Wildman–Crippen LogP) is 2.01. The van der Waals surface area contributed by atoms with E-state index in [0.29, 0.717) is 18.9 Å². The van der Waals surface area contributed by atoms with Gasteiger partial charge in [-0.05, 0) is 26.3 Å². The molecule has 0 amide bonds. The van der Waals surface area contributed by atoms with E-state index in [1.54, 1.807) is 0 Å². The first-order chi connectivity index (χ1) is 7.48. The molecule has 2 rings (SSSR count). The molecule has 1 saturated carbocycles. The number of nitrogens with zero attached hydrogens (tertiary/aromatic N) is 1. The van der Waals surface area contributed by atoms with Crippen molar-refractivity contribution in [3.05, 3.63) is 0 Å². The Bertz CT molecular complexity index is 238. The van der Waals surface area contributed by atoms with Gasteiger partial charge in [-0.25, -0.2) is 0 Å². The summed E-state index contributed by atoms with van der Waals surface area (Å²) in [7, 11) is 1.97. The molecule has 0 aromatic rings. The molecular weight excluding hydrogens is 217 g/mol. The van der Waals surface area contributed by atoms with E-state index < -0.39 is 12.1 Å². The van der Waals surface area contributed by atoms with E-state index in [9.17, 15) is 13.2 Å². The van der Waals surface area contributed by atoms with Crippen LogP contribution in [0.5, 0.6) is 0 Å². The minimum Gasteiger partial charge on any atom is -0.314 e. The Kier molecular flexibility index (Phi) is 3.45. The van der Waals surface area contributed by atoms with Crippen LogP contribution in [0.2, 0.25) is 0 Å². The van der Waals surface area contributed by atoms with E-state index in [-0.39, 0.29) is 12.5 Å². The summed E-state index contributed by atoms with van der Waals surface area (Å²) in [5, 5.41) is 3.16. The maximum absolute atomic E-state index is 12.6. The van der Waals surface area contributed by atoms with Crippen molar-refractivity contribution in [2.45, 2.75) is 43.9 Å². The normalized spacial score (nSPS) is 32.8. The summed E-state index contributed by atoms with van der Waals surface area (Å²) in [6, 6.07) is 0.560. The lowest BCUT2D eigenvalue weighted by molar-refractivity contribution is -0.187. The number of alkyl halides is 3. The fraction of sp³-hybridized carbons (Fsp3) is 1.00. The van der Waals surface area contributed by atoms with Crippen LogP contribution in [0.25, 0.3) is 0 Å². The highest BCUT2D eigenvalue weighted by Gasteiger charge is 2.43. The van der Waals surface area contributed by atoms with E-state index >= 15 is 0 Å². The van der Waals surface area contributed by atoms with Gasteiger partial charge in [0.15, 0.2) is 0 Å². The molecular formula is C11H19F3N2. The summed E-state index contributed by atoms with van der Waals surface area (Å²) >= 11 is 0. The van der Waals surface area contributed by atoms with Gasteiger partial charge in [0.1, 0.15) is 0 Å². The molecule has 0 aromatic heterocycles. The zero-order chi connectivity index (χ0) is 11.8. The van der Waals surface area contributed by atoms with Crippen molar-refractivity contribution in [2.24, 2.45) is 5.92 Å². The van der Waals surface area contributed by atoms with Crippen molar-refractivity contribution in [2.75, 3.05) is 20.1 Å². The van der Waals surface area contributed by atoms with Crippen LogP contribution in [0.1, 0.15) is 25.7 Å². The Hall–Kier alpha value is -0.290. The molecule has 0 radical (unpaired) electrons. The van der Waals surface area contributed by atoms with Gasteiger partial charge in [-0.15, -0.1) is 0 Å². The monoisotopic (exact) mass is 236 g/mol. The average molecular weight is 236 g/mol. The number of hydrogen-bond donors (Lipinski definition) is 1. The van der Waals surface area contributed by atoms with Gasteiger partial charge in [0, 0.05) is 25.2 Å². The largest absolute Gasteiger partial charge is 0.391 e. The topological polar surface area (TPSA) is 15.3 Å². The van der Waals surface area contributed by atoms with Crippen molar-refractivity contribution in [1.29, 1.82) is 0 Å². The number of rotatable bonds is 2. The highest BCUT2D eigenvalue weighted by Crippen LogP contribution is 2.39. The van der Waals surface area contributed by atoms with Crippen molar-refractivity contribution >= 4 is 0 Å². The lowest BCUT2D eigenvalue weighted by Gasteiger charge is -2.43. The Morgan fingerprint density at radius 3 is 2.31 bits per heavy atom. The summed E-state index contributed by atoms with van der Waals surface area (Å²) in [6.07, 6.45) is -1.77. The summed E-state index contributed by atoms with van der Waals surface area (Å²) in [5.41, 5.74) is 0. The summed E-state index contributed by atoms with van der Waals surface area (Å²) in [5.74, 6) is -1.08. The zero-order valence-corrected chi connectivity index (χ0v) is 9.56. The maximum Gasteiger partial charge on any atom is 0.391 e. The smallest absolute Gasteiger partial charge is 0.314 e. The molecule has 1 heterocycles. The second-order valence-corrected chi connectivity index (χ2v) is 5.04. The van der Waals surface area contributed by atoms with Crippen molar-refractivity contribution in [1.82, 2.24) is 10.2 Å². The second-order valence-electron chi connectivity index (χ2n) is 5.04. The Morgan fingerprint density at radius 2 is 1.81 bits per heavy atom. The molecule has 0 aromatic carbocycles. The van der Waals surface area contributed by atoms with E-state index in [2.05, 4.69) is 10.2 Å². The van der Waals surface area contributed by atoms with Gasteiger partial charge in [-0.3, -0.25) is 4.90 Å². The third-order valence-electron chi connectivity index (χ3n) is 4.02. The fourth-order valence-electron chi connectivity index (χ4n) is 2.69. The minimum atomic E-state index is -4.00. The third-order valence-corrected chi connectivity index (χ3v) is 4.02. The van der Waals surface area contributed by atoms with Gasteiger partial charge >= 0.3 is 6.18 Å². The van der Waals surface area contributed by atoms with Crippen LogP contribution in [0, 0.1) is 5.92 Å². The SMILES string of the molecule is CN(C1CNC1)[C@@H]1CCC[C@H](C(F)(F)F)C1. The van der Waals surface area contributed by atoms with Crippen molar-refractivity contribution in [3.8, 4) is 0 Å². The standard InChI is InChI=1S/C11H19F3N2/c1-16(10-6-15-7-10)9-4-2-3-8(5-9)11(12,13)14/h8-10,15H,2-7H2,1H3/t8-,9+/m0/s1. The molecule has 5 heteroatoms. The van der Waals surface area contributed by atoms with Crippen LogP contribution in [0.3, 0.4) is 0 Å². The first-order valence-corrected chi connectivity index (χ1v) is 5.98. The Morgan fingerprint density at radius 1 is 1.12 bits per heavy atom. The van der Waals surface area contributed by atoms with Gasteiger partial charge in [0.25, 0.3) is 0 Å². The molecule has 2 nitrogen and oxygen atoms in total. The van der Waals surface area contributed by atoms with Crippen LogP contribution in [0.15, 0.2) is 0 Å². The lowest BCUT2D eigenvalue weighted by atomic mass is 9.84. The Labute approximate surface area is 94.2 Å². The number of halogens is 3. The number of nitrogens with one attached hydrogen (secondary N) is 1. The van der Waals surface area contributed by atoms with E-state index in [1.807, 2.05) is 7.05 Å². The van der Waals surface area contributed by atoms with Gasteiger partial charge in [-0.1, -0.05) is 6.42 Å². The van der Waals surface area contributed by atoms with Crippen molar-refractivity contribution in [3.63, 3.8) is 0 Å². The van der Waals surface area contributed by atoms with E-state index in [0.717, 1.165) is 19.5 Å². The molecule has 0 unspecified atom stereocenters. The molecule has 2 fully saturated rings. The second kappa shape index (κ2) is 4.53. The van der Waals surface area contributed by atoms with Crippen LogP contribution in [0.4, 0.5) is 13.2 Å². The summed E-state index contributed by atoms with van der Waals surface area (Å²) < 4.78 is 37.9. The fourth-order valence-corrected chi connectivity index (χ4v) is 2.69. The molecule has 0 bridgehead atoms. The number of hydrogen-bond acceptors (Lipinski definition) is 2. The third kappa shape index (κ3) is 2.51. The first-order valence-electron chi connectivity index (χ1n) is 5.98. The molecule has 1 saturated heterocycles. The first kappa shape index (κ1) is 12.2. The van der Waals surface area contributed by atoms with E-state index in [1.165, 1.54) is 0 Å². The van der Waals surface area contributed by atoms with Crippen molar-refractivity contribution < 1.29 is 13.2 Å².